The molecular formula is C22H25Cl2N3O6. The Bertz CT molecular complexity index is 1050. The molecule has 0 aromatic heterocycles. The summed E-state index contributed by atoms with van der Waals surface area (Å²) >= 11 is 12.5. The van der Waals surface area contributed by atoms with Crippen LogP contribution in [-0.2, 0) is 9.59 Å². The molecule has 0 aliphatic carbocycles. The third-order valence-corrected chi connectivity index (χ3v) is 4.95. The number of amides is 1. The Hall–Kier alpha value is -3.04. The molecule has 1 amide bonds. The Labute approximate surface area is 202 Å². The Morgan fingerprint density at radius 3 is 2.15 bits per heavy atom. The van der Waals surface area contributed by atoms with Gasteiger partial charge in [-0.2, -0.15) is 10.2 Å². The quantitative estimate of drug-likeness (QED) is 0.324. The molecule has 0 saturated heterocycles. The monoisotopic (exact) mass is 497 g/mol. The maximum absolute atomic E-state index is 12.9. The minimum Gasteiger partial charge on any atom is -0.495 e. The smallest absolute Gasteiger partial charge is 0.258 e. The van der Waals surface area contributed by atoms with E-state index in [1.165, 1.54) is 27.2 Å². The molecule has 178 valence electrons. The third-order valence-electron chi connectivity index (χ3n) is 4.28. The third kappa shape index (κ3) is 6.49. The van der Waals surface area contributed by atoms with Crippen molar-refractivity contribution in [2.24, 2.45) is 10.2 Å². The maximum Gasteiger partial charge on any atom is 0.258 e. The number of ketones is 1. The van der Waals surface area contributed by atoms with E-state index in [1.54, 1.807) is 25.1 Å². The summed E-state index contributed by atoms with van der Waals surface area (Å²) in [6.07, 6.45) is 0. The first-order valence-electron chi connectivity index (χ1n) is 9.99. The fourth-order valence-electron chi connectivity index (χ4n) is 2.75. The van der Waals surface area contributed by atoms with Crippen LogP contribution in [0.25, 0.3) is 0 Å². The summed E-state index contributed by atoms with van der Waals surface area (Å²) in [6, 6.07) is 4.76. The first-order valence-corrected chi connectivity index (χ1v) is 10.7. The summed E-state index contributed by atoms with van der Waals surface area (Å²) < 4.78 is 21.5. The molecule has 0 fully saturated rings. The lowest BCUT2D eigenvalue weighted by atomic mass is 10.2. The van der Waals surface area contributed by atoms with E-state index < -0.39 is 17.7 Å². The minimum absolute atomic E-state index is 0.112. The van der Waals surface area contributed by atoms with Gasteiger partial charge in [0.2, 0.25) is 6.04 Å². The number of benzene rings is 2. The van der Waals surface area contributed by atoms with Crippen molar-refractivity contribution in [2.75, 3.05) is 32.8 Å². The van der Waals surface area contributed by atoms with Crippen LogP contribution in [0.1, 0.15) is 20.8 Å². The van der Waals surface area contributed by atoms with Crippen LogP contribution < -0.4 is 24.3 Å². The highest BCUT2D eigenvalue weighted by Crippen LogP contribution is 2.40. The number of halogens is 2. The molecule has 1 unspecified atom stereocenters. The van der Waals surface area contributed by atoms with Gasteiger partial charge in [0, 0.05) is 6.07 Å². The lowest BCUT2D eigenvalue weighted by Gasteiger charge is -2.16. The number of hydrogen-bond donors (Lipinski definition) is 1. The Morgan fingerprint density at radius 2 is 1.58 bits per heavy atom. The molecule has 0 spiro atoms. The molecule has 0 bridgehead atoms. The lowest BCUT2D eigenvalue weighted by molar-refractivity contribution is -0.126. The molecule has 0 saturated carbocycles. The number of ether oxygens (including phenoxy) is 4. The van der Waals surface area contributed by atoms with Crippen LogP contribution in [0.2, 0.25) is 10.0 Å². The van der Waals surface area contributed by atoms with Crippen LogP contribution >= 0.6 is 23.2 Å². The van der Waals surface area contributed by atoms with Crippen molar-refractivity contribution >= 4 is 46.3 Å². The second-order valence-corrected chi connectivity index (χ2v) is 7.28. The van der Waals surface area contributed by atoms with Gasteiger partial charge in [0.15, 0.2) is 11.5 Å². The van der Waals surface area contributed by atoms with Crippen molar-refractivity contribution in [1.82, 2.24) is 0 Å². The molecule has 2 aromatic carbocycles. The van der Waals surface area contributed by atoms with Crippen LogP contribution in [-0.4, -0.2) is 45.2 Å². The predicted octanol–water partition coefficient (Wildman–Crippen LogP) is 5.49. The van der Waals surface area contributed by atoms with Crippen molar-refractivity contribution < 1.29 is 28.5 Å². The summed E-state index contributed by atoms with van der Waals surface area (Å²) in [5.41, 5.74) is 0.380. The van der Waals surface area contributed by atoms with Gasteiger partial charge in [0.05, 0.1) is 32.5 Å². The molecular weight excluding hydrogens is 473 g/mol. The van der Waals surface area contributed by atoms with Crippen molar-refractivity contribution in [2.45, 2.75) is 26.8 Å². The highest BCUT2D eigenvalue weighted by atomic mass is 35.5. The number of nitrogens with one attached hydrogen (secondary N) is 1. The largest absolute Gasteiger partial charge is 0.495 e. The predicted molar refractivity (Wildman–Crippen MR) is 126 cm³/mol. The number of Topliss-reactive ketones (excluding diaryl/α,β-unsaturated/α-hetero) is 1. The molecule has 0 radical (unpaired) electrons. The van der Waals surface area contributed by atoms with Gasteiger partial charge in [-0.15, -0.1) is 0 Å². The number of rotatable bonds is 11. The molecule has 33 heavy (non-hydrogen) atoms. The van der Waals surface area contributed by atoms with Gasteiger partial charge >= 0.3 is 0 Å². The summed E-state index contributed by atoms with van der Waals surface area (Å²) in [6.45, 7) is 5.61. The van der Waals surface area contributed by atoms with Crippen molar-refractivity contribution in [3.8, 4) is 23.0 Å². The lowest BCUT2D eigenvalue weighted by Crippen LogP contribution is -2.32. The summed E-state index contributed by atoms with van der Waals surface area (Å²) in [7, 11) is 2.85. The second kappa shape index (κ2) is 12.3. The van der Waals surface area contributed by atoms with Gasteiger partial charge in [-0.1, -0.05) is 23.2 Å². The average molecular weight is 498 g/mol. The van der Waals surface area contributed by atoms with Crippen LogP contribution in [0.5, 0.6) is 23.0 Å². The van der Waals surface area contributed by atoms with E-state index in [9.17, 15) is 9.59 Å². The van der Waals surface area contributed by atoms with E-state index in [1.807, 2.05) is 6.92 Å². The molecule has 2 aromatic rings. The molecule has 2 rings (SSSR count). The zero-order chi connectivity index (χ0) is 24.5. The Morgan fingerprint density at radius 1 is 0.970 bits per heavy atom. The molecule has 0 aliphatic heterocycles. The normalized spacial score (nSPS) is 11.7. The molecule has 9 nitrogen and oxygen atoms in total. The van der Waals surface area contributed by atoms with E-state index in [-0.39, 0.29) is 27.2 Å². The van der Waals surface area contributed by atoms with Crippen molar-refractivity contribution in [3.05, 3.63) is 34.3 Å². The van der Waals surface area contributed by atoms with E-state index in [0.717, 1.165) is 0 Å². The van der Waals surface area contributed by atoms with Crippen LogP contribution in [0.4, 0.5) is 11.4 Å². The number of carbonyl (C=O) groups is 2. The average Bonchev–Trinajstić information content (AvgIpc) is 2.78. The number of carbonyl (C=O) groups excluding carboxylic acids is 2. The summed E-state index contributed by atoms with van der Waals surface area (Å²) in [5, 5.41) is 11.0. The van der Waals surface area contributed by atoms with Gasteiger partial charge < -0.3 is 24.3 Å². The van der Waals surface area contributed by atoms with Crippen molar-refractivity contribution in [3.63, 3.8) is 0 Å². The molecule has 0 aliphatic rings. The maximum atomic E-state index is 12.9. The molecule has 11 heteroatoms. The van der Waals surface area contributed by atoms with Crippen LogP contribution in [0.3, 0.4) is 0 Å². The number of nitrogens with zero attached hydrogens (tertiary/aromatic N) is 2. The topological polar surface area (TPSA) is 108 Å². The zero-order valence-electron chi connectivity index (χ0n) is 18.9. The zero-order valence-corrected chi connectivity index (χ0v) is 20.4. The Kier molecular flexibility index (Phi) is 9.74. The van der Waals surface area contributed by atoms with Crippen LogP contribution in [0, 0.1) is 0 Å². The van der Waals surface area contributed by atoms with Gasteiger partial charge in [-0.25, -0.2) is 0 Å². The summed E-state index contributed by atoms with van der Waals surface area (Å²) in [5.74, 6) is 0.0694. The standard InChI is InChI=1S/C22H25Cl2N3O6/c1-6-32-17-11-18(33-7-2)14(10-13(17)23)26-27-20(12(3)28)22(29)25-21-16(31-5)9-8-15(30-4)19(21)24/h8-11,20H,6-7H2,1-5H3,(H,25,29). The van der Waals surface area contributed by atoms with E-state index in [2.05, 4.69) is 15.5 Å². The van der Waals surface area contributed by atoms with Crippen LogP contribution in [0.15, 0.2) is 34.5 Å². The number of hydrogen-bond acceptors (Lipinski definition) is 8. The fourth-order valence-corrected chi connectivity index (χ4v) is 3.25. The van der Waals surface area contributed by atoms with Gasteiger partial charge in [0.1, 0.15) is 33.6 Å². The SMILES string of the molecule is CCOc1cc(OCC)c(N=NC(C(C)=O)C(=O)Nc2c(OC)ccc(OC)c2Cl)cc1Cl. The van der Waals surface area contributed by atoms with E-state index in [0.29, 0.717) is 30.5 Å². The van der Waals surface area contributed by atoms with E-state index in [4.69, 9.17) is 42.1 Å². The summed E-state index contributed by atoms with van der Waals surface area (Å²) in [4.78, 5) is 25.1. The van der Waals surface area contributed by atoms with E-state index >= 15 is 0 Å². The Balaban J connectivity index is 2.38. The van der Waals surface area contributed by atoms with Crippen molar-refractivity contribution in [1.29, 1.82) is 0 Å². The first-order chi connectivity index (χ1) is 15.8. The highest BCUT2D eigenvalue weighted by molar-refractivity contribution is 6.36. The highest BCUT2D eigenvalue weighted by Gasteiger charge is 2.26. The van der Waals surface area contributed by atoms with Gasteiger partial charge in [-0.05, 0) is 39.0 Å². The second-order valence-electron chi connectivity index (χ2n) is 6.49. The number of anilines is 1. The minimum atomic E-state index is -1.46. The molecule has 1 atom stereocenters. The number of methoxy groups -OCH3 is 2. The molecule has 0 heterocycles. The molecule has 1 N–H and O–H groups in total. The first kappa shape index (κ1) is 26.2. The fraction of sp³-hybridized carbons (Fsp3) is 0.364. The number of azo groups is 1. The van der Waals surface area contributed by atoms with Gasteiger partial charge in [0.25, 0.3) is 5.91 Å². The van der Waals surface area contributed by atoms with Gasteiger partial charge in [-0.3, -0.25) is 9.59 Å².